The van der Waals surface area contributed by atoms with E-state index in [0.29, 0.717) is 0 Å². The second kappa shape index (κ2) is 18.5. The average molecular weight is 110 g/mol. The number of nitrogens with zero attached hydrogens (tertiary/aromatic N) is 2. The molecule has 5 nitrogen and oxygen atoms in total. The Balaban J connectivity index is -0.0000000480. The van der Waals surface area contributed by atoms with Gasteiger partial charge in [-0.1, -0.05) is 0 Å². The first-order valence-corrected chi connectivity index (χ1v) is 0.975. The van der Waals surface area contributed by atoms with Gasteiger partial charge in [0.1, 0.15) is 0 Å². The fraction of sp³-hybridized carbons (Fsp3) is 0. The van der Waals surface area contributed by atoms with E-state index < -0.39 is 7.32 Å². The van der Waals surface area contributed by atoms with Crippen LogP contribution in [0.15, 0.2) is 0 Å². The van der Waals surface area contributed by atoms with Crippen molar-refractivity contribution in [2.24, 2.45) is 0 Å². The average Bonchev–Trinajstić information content (AvgIpc) is 1.41. The largest absolute Gasteiger partial charge is 0.631 e. The first-order valence-electron chi connectivity index (χ1n) is 0.975. The molecule has 0 aliphatic rings. The maximum Gasteiger partial charge on any atom is 0.631 e. The van der Waals surface area contributed by atoms with Crippen molar-refractivity contribution in [2.75, 3.05) is 0 Å². The molecule has 0 aromatic carbocycles. The van der Waals surface area contributed by atoms with Crippen molar-refractivity contribution in [1.82, 2.24) is 0 Å². The molecule has 0 radical (unpaired) electrons. The van der Waals surface area contributed by atoms with Crippen LogP contribution in [-0.2, 0) is 0 Å². The Labute approximate surface area is 39.2 Å². The van der Waals surface area contributed by atoms with Gasteiger partial charge >= 0.3 is 7.32 Å². The van der Waals surface area contributed by atoms with Crippen molar-refractivity contribution in [3.8, 4) is 0 Å². The Kier molecular flexibility index (Phi) is 43.1. The van der Waals surface area contributed by atoms with E-state index in [-0.39, 0.29) is 4.70 Å². The highest BCUT2D eigenvalue weighted by atomic mass is 19.0. The molecule has 0 saturated carbocycles. The monoisotopic (exact) mass is 110 g/mol. The Morgan fingerprint density at radius 2 is 1.00 bits per heavy atom. The van der Waals surface area contributed by atoms with Gasteiger partial charge in [-0.2, -0.15) is 0 Å². The smallest absolute Gasteiger partial charge is 0.402 e. The highest BCUT2D eigenvalue weighted by molar-refractivity contribution is 6.30. The van der Waals surface area contributed by atoms with Crippen molar-refractivity contribution < 1.29 is 19.8 Å². The van der Waals surface area contributed by atoms with E-state index in [1.165, 1.54) is 0 Å². The van der Waals surface area contributed by atoms with Crippen LogP contribution in [-0.4, -0.2) is 22.4 Å². The second-order valence-corrected chi connectivity index (χ2v) is 0.346. The van der Waals surface area contributed by atoms with Crippen LogP contribution in [0.25, 0.3) is 0 Å². The minimum absolute atomic E-state index is 0. The van der Waals surface area contributed by atoms with Gasteiger partial charge < -0.3 is 15.1 Å². The zero-order valence-electron chi connectivity index (χ0n) is 3.22. The SMILES string of the molecule is F.N#N.OB(O)O. The van der Waals surface area contributed by atoms with Crippen molar-refractivity contribution in [3.63, 3.8) is 0 Å². The van der Waals surface area contributed by atoms with Crippen LogP contribution in [0, 0.1) is 10.8 Å². The fourth-order valence-electron chi connectivity index (χ4n) is 0. The Morgan fingerprint density at radius 1 is 1.00 bits per heavy atom. The lowest BCUT2D eigenvalue weighted by Gasteiger charge is -1.69. The van der Waals surface area contributed by atoms with E-state index in [2.05, 4.69) is 0 Å². The van der Waals surface area contributed by atoms with Gasteiger partial charge in [0.25, 0.3) is 0 Å². The minimum Gasteiger partial charge on any atom is -0.402 e. The molecule has 0 aliphatic carbocycles. The molecule has 0 amide bonds. The highest BCUT2D eigenvalue weighted by Crippen LogP contribution is 1.40. The number of hydrogen-bond acceptors (Lipinski definition) is 5. The Morgan fingerprint density at radius 3 is 1.00 bits per heavy atom. The lowest BCUT2D eigenvalue weighted by atomic mass is 10.3. The van der Waals surface area contributed by atoms with E-state index in [4.69, 9.17) is 25.9 Å². The first-order chi connectivity index (χ1) is 2.73. The number of halogens is 1. The molecule has 0 fully saturated rings. The molecular formula is H4BFN2O3. The molecule has 42 valence electrons. The van der Waals surface area contributed by atoms with E-state index >= 15 is 0 Å². The molecule has 0 rings (SSSR count). The quantitative estimate of drug-likeness (QED) is 0.250. The summed E-state index contributed by atoms with van der Waals surface area (Å²) in [5, 5.41) is 33.5. The first kappa shape index (κ1) is 16.3. The molecule has 0 aromatic heterocycles. The van der Waals surface area contributed by atoms with Crippen molar-refractivity contribution in [3.05, 3.63) is 0 Å². The normalized spacial score (nSPS) is 4.14. The molecule has 0 bridgehead atoms. The maximum absolute atomic E-state index is 7.17. The third kappa shape index (κ3) is 116. The zero-order valence-corrected chi connectivity index (χ0v) is 3.22. The van der Waals surface area contributed by atoms with Gasteiger partial charge in [0, 0.05) is 10.8 Å². The number of rotatable bonds is 0. The maximum atomic E-state index is 7.17. The lowest BCUT2D eigenvalue weighted by molar-refractivity contribution is 0.278. The molecule has 7 heavy (non-hydrogen) atoms. The van der Waals surface area contributed by atoms with Crippen LogP contribution in [0.2, 0.25) is 0 Å². The van der Waals surface area contributed by atoms with Gasteiger partial charge in [0.05, 0.1) is 0 Å². The van der Waals surface area contributed by atoms with E-state index in [1.54, 1.807) is 0 Å². The molecule has 0 aromatic rings. The third-order valence-electron chi connectivity index (χ3n) is 0. The van der Waals surface area contributed by atoms with Gasteiger partial charge in [-0.15, -0.1) is 0 Å². The summed E-state index contributed by atoms with van der Waals surface area (Å²) in [5.41, 5.74) is 0. The minimum atomic E-state index is -2.17. The molecular weight excluding hydrogens is 106 g/mol. The zero-order chi connectivity index (χ0) is 5.58. The van der Waals surface area contributed by atoms with Crippen LogP contribution in [0.1, 0.15) is 0 Å². The Bertz CT molecular complexity index is 34.4. The van der Waals surface area contributed by atoms with Gasteiger partial charge in [-0.3, -0.25) is 4.70 Å². The van der Waals surface area contributed by atoms with Gasteiger partial charge in [0.15, 0.2) is 0 Å². The molecule has 0 heterocycles. The number of hydrogen-bond donors (Lipinski definition) is 3. The predicted octanol–water partition coefficient (Wildman–Crippen LogP) is -1.87. The van der Waals surface area contributed by atoms with E-state index in [0.717, 1.165) is 0 Å². The van der Waals surface area contributed by atoms with Crippen LogP contribution in [0.3, 0.4) is 0 Å². The van der Waals surface area contributed by atoms with E-state index in [9.17, 15) is 0 Å². The topological polar surface area (TPSA) is 108 Å². The van der Waals surface area contributed by atoms with Crippen LogP contribution in [0.4, 0.5) is 4.70 Å². The second-order valence-electron chi connectivity index (χ2n) is 0.346. The summed E-state index contributed by atoms with van der Waals surface area (Å²) in [5.74, 6) is 0. The lowest BCUT2D eigenvalue weighted by Crippen LogP contribution is -2.07. The molecule has 0 unspecified atom stereocenters. The summed E-state index contributed by atoms with van der Waals surface area (Å²) in [6.07, 6.45) is 0. The van der Waals surface area contributed by atoms with Crippen LogP contribution >= 0.6 is 0 Å². The summed E-state index contributed by atoms with van der Waals surface area (Å²) in [7, 11) is -2.17. The third-order valence-corrected chi connectivity index (χ3v) is 0. The summed E-state index contributed by atoms with van der Waals surface area (Å²) < 4.78 is 0. The summed E-state index contributed by atoms with van der Waals surface area (Å²) in [6, 6.07) is 0. The van der Waals surface area contributed by atoms with Crippen molar-refractivity contribution in [2.45, 2.75) is 0 Å². The highest BCUT2D eigenvalue weighted by Gasteiger charge is 1.92. The standard InChI is InChI=1S/BH3O3.FH.N2/c2-1(3)4;;1-2/h2-4H;1H;. The summed E-state index contributed by atoms with van der Waals surface area (Å²) in [6.45, 7) is 0. The fourth-order valence-corrected chi connectivity index (χ4v) is 0. The molecule has 0 saturated heterocycles. The van der Waals surface area contributed by atoms with Gasteiger partial charge in [-0.25, -0.2) is 0 Å². The summed E-state index contributed by atoms with van der Waals surface area (Å²) >= 11 is 0. The molecule has 0 atom stereocenters. The van der Waals surface area contributed by atoms with Crippen LogP contribution < -0.4 is 0 Å². The molecule has 0 aliphatic heterocycles. The van der Waals surface area contributed by atoms with Crippen molar-refractivity contribution >= 4 is 7.32 Å². The predicted molar refractivity (Wildman–Crippen MR) is 18.4 cm³/mol. The van der Waals surface area contributed by atoms with Crippen LogP contribution in [0.5, 0.6) is 0 Å². The summed E-state index contributed by atoms with van der Waals surface area (Å²) in [4.78, 5) is 0. The molecule has 3 N–H and O–H groups in total. The van der Waals surface area contributed by atoms with Gasteiger partial charge in [-0.05, 0) is 0 Å². The molecule has 0 spiro atoms. The van der Waals surface area contributed by atoms with E-state index in [1.807, 2.05) is 0 Å². The molecule has 7 heteroatoms. The van der Waals surface area contributed by atoms with Gasteiger partial charge in [0.2, 0.25) is 0 Å². The Hall–Kier alpha value is -0.705. The van der Waals surface area contributed by atoms with Crippen molar-refractivity contribution in [1.29, 1.82) is 10.8 Å².